The van der Waals surface area contributed by atoms with Gasteiger partial charge >= 0.3 is 0 Å². The number of aromatic nitrogens is 2. The molecule has 168 valence electrons. The number of hydrogen-bond acceptors (Lipinski definition) is 4. The number of halogens is 1. The lowest BCUT2D eigenvalue weighted by Crippen LogP contribution is -2.36. The zero-order valence-electron chi connectivity index (χ0n) is 18.8. The molecule has 8 heteroatoms. The van der Waals surface area contributed by atoms with Crippen molar-refractivity contribution in [2.45, 2.75) is 40.3 Å². The molecule has 0 saturated heterocycles. The molecule has 0 saturated carbocycles. The summed E-state index contributed by atoms with van der Waals surface area (Å²) in [5.41, 5.74) is 4.04. The third-order valence-electron chi connectivity index (χ3n) is 4.84. The fraction of sp³-hybridized carbons (Fsp3) is 0.292. The van der Waals surface area contributed by atoms with Crippen LogP contribution in [-0.2, 0) is 13.1 Å². The predicted octanol–water partition coefficient (Wildman–Crippen LogP) is 4.97. The van der Waals surface area contributed by atoms with E-state index in [0.717, 1.165) is 29.8 Å². The molecule has 0 spiro atoms. The van der Waals surface area contributed by atoms with Crippen LogP contribution in [0.25, 0.3) is 0 Å². The van der Waals surface area contributed by atoms with E-state index in [-0.39, 0.29) is 5.91 Å². The van der Waals surface area contributed by atoms with Crippen molar-refractivity contribution in [2.24, 2.45) is 4.99 Å². The van der Waals surface area contributed by atoms with E-state index in [9.17, 15) is 4.79 Å². The van der Waals surface area contributed by atoms with E-state index in [0.29, 0.717) is 34.5 Å². The van der Waals surface area contributed by atoms with Gasteiger partial charge < -0.3 is 10.1 Å². The van der Waals surface area contributed by atoms with Crippen molar-refractivity contribution < 1.29 is 9.53 Å². The Kier molecular flexibility index (Phi) is 7.89. The van der Waals surface area contributed by atoms with Crippen LogP contribution in [0.3, 0.4) is 0 Å². The molecule has 2 N–H and O–H groups in total. The molecule has 0 atom stereocenters. The maximum absolute atomic E-state index is 12.9. The van der Waals surface area contributed by atoms with Crippen LogP contribution in [0.4, 0.5) is 5.69 Å². The molecule has 32 heavy (non-hydrogen) atoms. The first-order chi connectivity index (χ1) is 15.4. The molecule has 1 aromatic heterocycles. The van der Waals surface area contributed by atoms with Gasteiger partial charge in [-0.25, -0.2) is 4.99 Å². The normalized spacial score (nSPS) is 11.3. The highest BCUT2D eigenvalue weighted by molar-refractivity contribution is 6.31. The van der Waals surface area contributed by atoms with Gasteiger partial charge in [0.15, 0.2) is 0 Å². The van der Waals surface area contributed by atoms with E-state index < -0.39 is 0 Å². The summed E-state index contributed by atoms with van der Waals surface area (Å²) in [5, 5.41) is 11.1. The summed E-state index contributed by atoms with van der Waals surface area (Å²) in [7, 11) is 1.57. The van der Waals surface area contributed by atoms with Gasteiger partial charge in [-0.1, -0.05) is 36.2 Å². The van der Waals surface area contributed by atoms with Gasteiger partial charge in [-0.2, -0.15) is 5.10 Å². The SMILES string of the molecule is CCCn1cc(CN=C(NC(=O)c2cccc(C)c2)Nc2cc(Cl)ccc2OC)c(C)n1. The third-order valence-corrected chi connectivity index (χ3v) is 5.07. The second kappa shape index (κ2) is 10.8. The van der Waals surface area contributed by atoms with Gasteiger partial charge in [0.25, 0.3) is 5.91 Å². The highest BCUT2D eigenvalue weighted by atomic mass is 35.5. The van der Waals surface area contributed by atoms with E-state index >= 15 is 0 Å². The Morgan fingerprint density at radius 1 is 1.22 bits per heavy atom. The Hall–Kier alpha value is -3.32. The first kappa shape index (κ1) is 23.3. The minimum absolute atomic E-state index is 0.264. The quantitative estimate of drug-likeness (QED) is 0.391. The molecule has 3 aromatic rings. The number of carbonyl (C=O) groups excluding carboxylic acids is 1. The molecule has 0 aliphatic heterocycles. The molecule has 1 amide bonds. The fourth-order valence-electron chi connectivity index (χ4n) is 3.20. The van der Waals surface area contributed by atoms with Crippen molar-refractivity contribution >= 4 is 29.2 Å². The zero-order valence-corrected chi connectivity index (χ0v) is 19.5. The Morgan fingerprint density at radius 2 is 2.03 bits per heavy atom. The molecule has 7 nitrogen and oxygen atoms in total. The lowest BCUT2D eigenvalue weighted by atomic mass is 10.1. The second-order valence-electron chi connectivity index (χ2n) is 7.46. The van der Waals surface area contributed by atoms with Crippen molar-refractivity contribution in [3.63, 3.8) is 0 Å². The molecule has 2 aromatic carbocycles. The van der Waals surface area contributed by atoms with E-state index in [2.05, 4.69) is 27.6 Å². The average Bonchev–Trinajstić information content (AvgIpc) is 3.11. The predicted molar refractivity (Wildman–Crippen MR) is 129 cm³/mol. The van der Waals surface area contributed by atoms with Crippen LogP contribution in [0.2, 0.25) is 5.02 Å². The second-order valence-corrected chi connectivity index (χ2v) is 7.90. The Labute approximate surface area is 193 Å². The van der Waals surface area contributed by atoms with Crippen LogP contribution in [0, 0.1) is 13.8 Å². The highest BCUT2D eigenvalue weighted by Gasteiger charge is 2.13. The topological polar surface area (TPSA) is 80.5 Å². The number of benzene rings is 2. The number of aryl methyl sites for hydroxylation is 3. The van der Waals surface area contributed by atoms with Gasteiger partial charge in [0.2, 0.25) is 5.96 Å². The molecule has 0 unspecified atom stereocenters. The molecule has 0 aliphatic rings. The zero-order chi connectivity index (χ0) is 23.1. The number of aliphatic imine (C=N–C) groups is 1. The molecule has 0 radical (unpaired) electrons. The first-order valence-electron chi connectivity index (χ1n) is 10.5. The van der Waals surface area contributed by atoms with E-state index in [1.807, 2.05) is 42.9 Å². The van der Waals surface area contributed by atoms with Gasteiger partial charge in [0.05, 0.1) is 25.0 Å². The first-order valence-corrected chi connectivity index (χ1v) is 10.8. The number of anilines is 1. The number of guanidine groups is 1. The maximum Gasteiger partial charge on any atom is 0.257 e. The van der Waals surface area contributed by atoms with Gasteiger partial charge in [-0.3, -0.25) is 14.8 Å². The van der Waals surface area contributed by atoms with Crippen LogP contribution in [0.5, 0.6) is 5.75 Å². The minimum Gasteiger partial charge on any atom is -0.495 e. The smallest absolute Gasteiger partial charge is 0.257 e. The number of rotatable bonds is 7. The Balaban J connectivity index is 1.89. The Bertz CT molecular complexity index is 1120. The summed E-state index contributed by atoms with van der Waals surface area (Å²) in [6.07, 6.45) is 2.99. The molecular weight excluding hydrogens is 426 g/mol. The summed E-state index contributed by atoms with van der Waals surface area (Å²) < 4.78 is 7.33. The molecule has 1 heterocycles. The maximum atomic E-state index is 12.9. The standard InChI is InChI=1S/C24H28ClN5O2/c1-5-11-30-15-19(17(3)29-30)14-26-24(27-21-13-20(25)9-10-22(21)32-4)28-23(31)18-8-6-7-16(2)12-18/h6-10,12-13,15H,5,11,14H2,1-4H3,(H2,26,27,28,31). The number of amides is 1. The fourth-order valence-corrected chi connectivity index (χ4v) is 3.38. The number of hydrogen-bond donors (Lipinski definition) is 2. The summed E-state index contributed by atoms with van der Waals surface area (Å²) >= 11 is 6.17. The van der Waals surface area contributed by atoms with E-state index in [1.54, 1.807) is 31.4 Å². The number of nitrogens with zero attached hydrogens (tertiary/aromatic N) is 3. The monoisotopic (exact) mass is 453 g/mol. The van der Waals surface area contributed by atoms with Crippen LogP contribution in [0.15, 0.2) is 53.7 Å². The van der Waals surface area contributed by atoms with Crippen molar-refractivity contribution in [3.05, 3.63) is 76.1 Å². The highest BCUT2D eigenvalue weighted by Crippen LogP contribution is 2.27. The largest absolute Gasteiger partial charge is 0.495 e. The van der Waals surface area contributed by atoms with Gasteiger partial charge in [-0.05, 0) is 50.6 Å². The van der Waals surface area contributed by atoms with Crippen LogP contribution in [-0.4, -0.2) is 28.8 Å². The van der Waals surface area contributed by atoms with Crippen LogP contribution in [0.1, 0.15) is 40.5 Å². The summed E-state index contributed by atoms with van der Waals surface area (Å²) in [6, 6.07) is 12.6. The number of methoxy groups -OCH3 is 1. The molecule has 3 rings (SSSR count). The minimum atomic E-state index is -0.264. The molecule has 0 bridgehead atoms. The molecule has 0 aliphatic carbocycles. The molecule has 0 fully saturated rings. The van der Waals surface area contributed by atoms with E-state index in [1.165, 1.54) is 0 Å². The van der Waals surface area contributed by atoms with Gasteiger partial charge in [0.1, 0.15) is 5.75 Å². The van der Waals surface area contributed by atoms with Crippen LogP contribution >= 0.6 is 11.6 Å². The number of ether oxygens (including phenoxy) is 1. The van der Waals surface area contributed by atoms with Gasteiger partial charge in [-0.15, -0.1) is 0 Å². The van der Waals surface area contributed by atoms with Crippen molar-refractivity contribution in [3.8, 4) is 5.75 Å². The number of nitrogens with one attached hydrogen (secondary N) is 2. The lowest BCUT2D eigenvalue weighted by Gasteiger charge is -2.15. The number of carbonyl (C=O) groups is 1. The van der Waals surface area contributed by atoms with E-state index in [4.69, 9.17) is 16.3 Å². The lowest BCUT2D eigenvalue weighted by molar-refractivity contribution is 0.0977. The van der Waals surface area contributed by atoms with Crippen molar-refractivity contribution in [1.82, 2.24) is 15.1 Å². The summed E-state index contributed by atoms with van der Waals surface area (Å²) in [6.45, 7) is 7.21. The van der Waals surface area contributed by atoms with Crippen LogP contribution < -0.4 is 15.4 Å². The van der Waals surface area contributed by atoms with Crippen molar-refractivity contribution in [1.29, 1.82) is 0 Å². The van der Waals surface area contributed by atoms with Gasteiger partial charge in [0, 0.05) is 28.9 Å². The molecular formula is C24H28ClN5O2. The Morgan fingerprint density at radius 3 is 2.75 bits per heavy atom. The summed E-state index contributed by atoms with van der Waals surface area (Å²) in [5.74, 6) is 0.609. The van der Waals surface area contributed by atoms with Crippen molar-refractivity contribution in [2.75, 3.05) is 12.4 Å². The third kappa shape index (κ3) is 6.11. The average molecular weight is 454 g/mol. The summed E-state index contributed by atoms with van der Waals surface area (Å²) in [4.78, 5) is 17.5.